The third kappa shape index (κ3) is 4.91. The minimum atomic E-state index is 0.600. The summed E-state index contributed by atoms with van der Waals surface area (Å²) in [6.45, 7) is 0.851. The number of hydrogen-bond donors (Lipinski definition) is 2. The van der Waals surface area contributed by atoms with Crippen LogP contribution in [0.4, 0.5) is 5.69 Å². The summed E-state index contributed by atoms with van der Waals surface area (Å²) in [7, 11) is 3.28. The molecule has 2 rings (SSSR count). The molecule has 22 heavy (non-hydrogen) atoms. The van der Waals surface area contributed by atoms with E-state index in [2.05, 4.69) is 16.7 Å². The molecule has 0 atom stereocenters. The molecule has 2 N–H and O–H groups in total. The number of benzene rings is 1. The Bertz CT molecular complexity index is 543. The number of methoxy groups -OCH3 is 2. The third-order valence-corrected chi connectivity index (χ3v) is 4.02. The summed E-state index contributed by atoms with van der Waals surface area (Å²) in [5, 5.41) is 7.02. The molecule has 1 aromatic carbocycles. The molecule has 4 nitrogen and oxygen atoms in total. The first-order valence-corrected chi connectivity index (χ1v) is 8.08. The maximum atomic E-state index is 5.35. The Morgan fingerprint density at radius 1 is 1.23 bits per heavy atom. The quantitative estimate of drug-likeness (QED) is 0.615. The van der Waals surface area contributed by atoms with Crippen molar-refractivity contribution in [1.29, 1.82) is 0 Å². The lowest BCUT2D eigenvalue weighted by Crippen LogP contribution is -2.29. The Balaban J connectivity index is 1.84. The van der Waals surface area contributed by atoms with Gasteiger partial charge in [0, 0.05) is 12.6 Å². The molecule has 0 spiro atoms. The van der Waals surface area contributed by atoms with Gasteiger partial charge < -0.3 is 20.1 Å². The molecular weight excluding hydrogens is 296 g/mol. The average Bonchev–Trinajstić information content (AvgIpc) is 2.55. The van der Waals surface area contributed by atoms with Crippen molar-refractivity contribution in [3.8, 4) is 11.5 Å². The topological polar surface area (TPSA) is 42.5 Å². The van der Waals surface area contributed by atoms with Crippen LogP contribution in [-0.2, 0) is 0 Å². The van der Waals surface area contributed by atoms with Crippen molar-refractivity contribution in [2.45, 2.75) is 32.1 Å². The predicted molar refractivity (Wildman–Crippen MR) is 94.9 cm³/mol. The smallest absolute Gasteiger partial charge is 0.170 e. The Labute approximate surface area is 137 Å². The van der Waals surface area contributed by atoms with Gasteiger partial charge in [0.25, 0.3) is 0 Å². The fourth-order valence-electron chi connectivity index (χ4n) is 2.55. The lowest BCUT2D eigenvalue weighted by atomic mass is 9.97. The van der Waals surface area contributed by atoms with Gasteiger partial charge in [0.2, 0.25) is 0 Å². The molecule has 0 aliphatic heterocycles. The van der Waals surface area contributed by atoms with Gasteiger partial charge in [-0.05, 0) is 56.5 Å². The molecule has 0 saturated heterocycles. The fraction of sp³-hybridized carbons (Fsp3) is 0.471. The van der Waals surface area contributed by atoms with E-state index in [4.69, 9.17) is 21.7 Å². The van der Waals surface area contributed by atoms with Crippen molar-refractivity contribution >= 4 is 23.0 Å². The monoisotopic (exact) mass is 320 g/mol. The molecule has 0 heterocycles. The standard InChI is InChI=1S/C17H24N2O2S/c1-20-14-8-9-16(21-2)15(12-14)19-17(22)18-11-10-13-6-4-3-5-7-13/h6,8-9,12H,3-5,7,10-11H2,1-2H3,(H2,18,19,22). The molecule has 0 saturated carbocycles. The number of nitrogens with one attached hydrogen (secondary N) is 2. The van der Waals surface area contributed by atoms with Crippen LogP contribution < -0.4 is 20.1 Å². The van der Waals surface area contributed by atoms with Crippen LogP contribution in [-0.4, -0.2) is 25.9 Å². The van der Waals surface area contributed by atoms with E-state index in [1.165, 1.54) is 25.7 Å². The van der Waals surface area contributed by atoms with Crippen LogP contribution in [0.1, 0.15) is 32.1 Å². The molecule has 120 valence electrons. The zero-order valence-electron chi connectivity index (χ0n) is 13.3. The fourth-order valence-corrected chi connectivity index (χ4v) is 2.76. The van der Waals surface area contributed by atoms with Gasteiger partial charge in [-0.25, -0.2) is 0 Å². The Kier molecular flexibility index (Phi) is 6.52. The van der Waals surface area contributed by atoms with Gasteiger partial charge in [-0.1, -0.05) is 11.6 Å². The first-order valence-electron chi connectivity index (χ1n) is 7.67. The molecule has 1 aliphatic carbocycles. The van der Waals surface area contributed by atoms with Gasteiger partial charge in [-0.2, -0.15) is 0 Å². The van der Waals surface area contributed by atoms with Crippen molar-refractivity contribution in [2.75, 3.05) is 26.1 Å². The summed E-state index contributed by atoms with van der Waals surface area (Å²) in [6, 6.07) is 5.59. The molecular formula is C17H24N2O2S. The molecule has 0 aromatic heterocycles. The molecule has 0 fully saturated rings. The lowest BCUT2D eigenvalue weighted by Gasteiger charge is -2.16. The molecule has 0 bridgehead atoms. The van der Waals surface area contributed by atoms with Crippen LogP contribution in [0.15, 0.2) is 29.8 Å². The van der Waals surface area contributed by atoms with Crippen molar-refractivity contribution in [2.24, 2.45) is 0 Å². The van der Waals surface area contributed by atoms with Crippen LogP contribution in [0.3, 0.4) is 0 Å². The molecule has 0 radical (unpaired) electrons. The largest absolute Gasteiger partial charge is 0.497 e. The van der Waals surface area contributed by atoms with Gasteiger partial charge in [0.15, 0.2) is 5.11 Å². The Hall–Kier alpha value is -1.75. The second-order valence-electron chi connectivity index (χ2n) is 5.31. The summed E-state index contributed by atoms with van der Waals surface area (Å²) in [6.07, 6.45) is 8.51. The highest BCUT2D eigenvalue weighted by atomic mass is 32.1. The summed E-state index contributed by atoms with van der Waals surface area (Å²) >= 11 is 5.35. The second kappa shape index (κ2) is 8.63. The van der Waals surface area contributed by atoms with E-state index in [1.807, 2.05) is 18.2 Å². The number of anilines is 1. The van der Waals surface area contributed by atoms with Crippen molar-refractivity contribution < 1.29 is 9.47 Å². The SMILES string of the molecule is COc1ccc(OC)c(NC(=S)NCCC2=CCCCC2)c1. The van der Waals surface area contributed by atoms with E-state index in [9.17, 15) is 0 Å². The maximum absolute atomic E-state index is 5.35. The van der Waals surface area contributed by atoms with E-state index >= 15 is 0 Å². The van der Waals surface area contributed by atoms with Crippen molar-refractivity contribution in [3.05, 3.63) is 29.8 Å². The molecule has 1 aromatic rings. The summed E-state index contributed by atoms with van der Waals surface area (Å²) in [5.74, 6) is 1.50. The lowest BCUT2D eigenvalue weighted by molar-refractivity contribution is 0.405. The first-order chi connectivity index (χ1) is 10.7. The van der Waals surface area contributed by atoms with Crippen molar-refractivity contribution in [3.63, 3.8) is 0 Å². The van der Waals surface area contributed by atoms with Gasteiger partial charge in [0.1, 0.15) is 11.5 Å². The van der Waals surface area contributed by atoms with E-state index in [-0.39, 0.29) is 0 Å². The van der Waals surface area contributed by atoms with Gasteiger partial charge in [0.05, 0.1) is 19.9 Å². The molecule has 1 aliphatic rings. The normalized spacial score (nSPS) is 14.0. The highest BCUT2D eigenvalue weighted by Gasteiger charge is 2.07. The maximum Gasteiger partial charge on any atom is 0.170 e. The average molecular weight is 320 g/mol. The highest BCUT2D eigenvalue weighted by Crippen LogP contribution is 2.28. The zero-order valence-corrected chi connectivity index (χ0v) is 14.1. The summed E-state index contributed by atoms with van der Waals surface area (Å²) < 4.78 is 10.6. The molecule has 0 unspecified atom stereocenters. The van der Waals surface area contributed by atoms with Gasteiger partial charge in [-0.15, -0.1) is 0 Å². The van der Waals surface area contributed by atoms with E-state index < -0.39 is 0 Å². The highest BCUT2D eigenvalue weighted by molar-refractivity contribution is 7.80. The van der Waals surface area contributed by atoms with Crippen LogP contribution >= 0.6 is 12.2 Å². The summed E-state index contributed by atoms with van der Waals surface area (Å²) in [4.78, 5) is 0. The number of rotatable bonds is 6. The van der Waals surface area contributed by atoms with Crippen molar-refractivity contribution in [1.82, 2.24) is 5.32 Å². The van der Waals surface area contributed by atoms with Crippen LogP contribution in [0.25, 0.3) is 0 Å². The predicted octanol–water partition coefficient (Wildman–Crippen LogP) is 3.88. The Morgan fingerprint density at radius 3 is 2.77 bits per heavy atom. The Morgan fingerprint density at radius 2 is 2.09 bits per heavy atom. The number of hydrogen-bond acceptors (Lipinski definition) is 3. The van der Waals surface area contributed by atoms with Crippen LogP contribution in [0.5, 0.6) is 11.5 Å². The number of ether oxygens (including phenoxy) is 2. The van der Waals surface area contributed by atoms with Crippen LogP contribution in [0, 0.1) is 0 Å². The minimum absolute atomic E-state index is 0.600. The first kappa shape index (κ1) is 16.6. The van der Waals surface area contributed by atoms with E-state index in [0.29, 0.717) is 5.11 Å². The molecule has 5 heteroatoms. The van der Waals surface area contributed by atoms with Crippen LogP contribution in [0.2, 0.25) is 0 Å². The molecule has 0 amide bonds. The van der Waals surface area contributed by atoms with Gasteiger partial charge in [-0.3, -0.25) is 0 Å². The second-order valence-corrected chi connectivity index (χ2v) is 5.71. The van der Waals surface area contributed by atoms with E-state index in [1.54, 1.807) is 19.8 Å². The number of allylic oxidation sites excluding steroid dienone is 1. The minimum Gasteiger partial charge on any atom is -0.497 e. The number of thiocarbonyl (C=S) groups is 1. The van der Waals surface area contributed by atoms with E-state index in [0.717, 1.165) is 30.2 Å². The summed E-state index contributed by atoms with van der Waals surface area (Å²) in [5.41, 5.74) is 2.34. The van der Waals surface area contributed by atoms with Gasteiger partial charge >= 0.3 is 0 Å². The zero-order chi connectivity index (χ0) is 15.8. The third-order valence-electron chi connectivity index (χ3n) is 3.77.